The molecular weight excluding hydrogens is 584 g/mol. The van der Waals surface area contributed by atoms with E-state index in [-0.39, 0.29) is 34.5 Å². The van der Waals surface area contributed by atoms with Crippen molar-refractivity contribution in [3.63, 3.8) is 0 Å². The van der Waals surface area contributed by atoms with Gasteiger partial charge < -0.3 is 0 Å². The number of primary sulfonamides is 1. The molecule has 0 aliphatic heterocycles. The van der Waals surface area contributed by atoms with Crippen LogP contribution in [0.1, 0.15) is 16.7 Å². The number of thioether (sulfide) groups is 1. The van der Waals surface area contributed by atoms with Crippen molar-refractivity contribution < 1.29 is 31.5 Å². The van der Waals surface area contributed by atoms with Gasteiger partial charge in [0.05, 0.1) is 16.8 Å². The SMILES string of the molecule is NS(=O)(=O)c1cccc(-c2ccc(CSCc3ccc(CP(=O)(OF)OF)c(Br)c3)cn2)c1.[Na]. The number of aromatic nitrogens is 1. The van der Waals surface area contributed by atoms with Gasteiger partial charge in [0.15, 0.2) is 0 Å². The maximum atomic E-state index is 12.3. The van der Waals surface area contributed by atoms with Gasteiger partial charge in [-0.05, 0) is 50.0 Å². The average Bonchev–Trinajstić information content (AvgIpc) is 2.81. The number of hydrogen-bond donors (Lipinski definition) is 1. The fraction of sp³-hybridized carbons (Fsp3) is 0.150. The molecular formula is C20H18BrF2N2NaO5PS2. The van der Waals surface area contributed by atoms with Crippen LogP contribution < -0.4 is 5.14 Å². The summed E-state index contributed by atoms with van der Waals surface area (Å²) in [6.45, 7) is 0. The molecule has 0 aliphatic carbocycles. The van der Waals surface area contributed by atoms with Crippen molar-refractivity contribution in [2.75, 3.05) is 0 Å². The van der Waals surface area contributed by atoms with E-state index in [0.717, 1.165) is 11.1 Å². The first-order valence-corrected chi connectivity index (χ1v) is 14.5. The Kier molecular flexibility index (Phi) is 11.3. The fourth-order valence-corrected chi connectivity index (χ4v) is 5.95. The summed E-state index contributed by atoms with van der Waals surface area (Å²) in [6.07, 6.45) is 1.17. The quantitative estimate of drug-likeness (QED) is 0.234. The molecule has 0 aliphatic rings. The second-order valence-electron chi connectivity index (χ2n) is 6.95. The van der Waals surface area contributed by atoms with Crippen molar-refractivity contribution in [2.45, 2.75) is 22.6 Å². The van der Waals surface area contributed by atoms with Gasteiger partial charge in [-0.2, -0.15) is 11.8 Å². The first kappa shape index (κ1) is 29.6. The molecule has 0 fully saturated rings. The number of halogens is 3. The first-order valence-electron chi connectivity index (χ1n) is 9.26. The molecule has 2 aromatic carbocycles. The Labute approximate surface area is 230 Å². The van der Waals surface area contributed by atoms with Gasteiger partial charge in [-0.1, -0.05) is 46.3 Å². The van der Waals surface area contributed by atoms with E-state index >= 15 is 0 Å². The Bertz CT molecular complexity index is 1280. The summed E-state index contributed by atoms with van der Waals surface area (Å²) in [4.78, 5) is 4.43. The maximum absolute atomic E-state index is 12.3. The van der Waals surface area contributed by atoms with Crippen LogP contribution in [0.25, 0.3) is 11.3 Å². The summed E-state index contributed by atoms with van der Waals surface area (Å²) in [7, 11) is -8.25. The fourth-order valence-electron chi connectivity index (χ4n) is 2.88. The van der Waals surface area contributed by atoms with Crippen LogP contribution in [-0.4, -0.2) is 43.0 Å². The van der Waals surface area contributed by atoms with Gasteiger partial charge >= 0.3 is 7.60 Å². The molecule has 0 saturated carbocycles. The summed E-state index contributed by atoms with van der Waals surface area (Å²) in [5, 5.41) is 5.18. The predicted molar refractivity (Wildman–Crippen MR) is 132 cm³/mol. The van der Waals surface area contributed by atoms with Gasteiger partial charge in [0.2, 0.25) is 10.0 Å². The van der Waals surface area contributed by atoms with Gasteiger partial charge in [0, 0.05) is 57.3 Å². The van der Waals surface area contributed by atoms with Crippen molar-refractivity contribution in [1.29, 1.82) is 0 Å². The van der Waals surface area contributed by atoms with Crippen LogP contribution in [0.3, 0.4) is 0 Å². The van der Waals surface area contributed by atoms with Crippen LogP contribution in [0.2, 0.25) is 0 Å². The zero-order valence-electron chi connectivity index (χ0n) is 17.9. The van der Waals surface area contributed by atoms with Crippen LogP contribution in [0.5, 0.6) is 0 Å². The van der Waals surface area contributed by atoms with E-state index in [9.17, 15) is 22.0 Å². The summed E-state index contributed by atoms with van der Waals surface area (Å²) in [5.41, 5.74) is 3.57. The smallest absolute Gasteiger partial charge is 0.256 e. The Balaban J connectivity index is 0.00000408. The van der Waals surface area contributed by atoms with E-state index < -0.39 is 23.8 Å². The molecule has 7 nitrogen and oxygen atoms in total. The first-order chi connectivity index (χ1) is 15.6. The summed E-state index contributed by atoms with van der Waals surface area (Å²) >= 11 is 4.92. The van der Waals surface area contributed by atoms with Crippen LogP contribution in [0.4, 0.5) is 9.05 Å². The van der Waals surface area contributed by atoms with Crippen molar-refractivity contribution in [2.24, 2.45) is 5.14 Å². The van der Waals surface area contributed by atoms with Gasteiger partial charge in [0.25, 0.3) is 0 Å². The van der Waals surface area contributed by atoms with Gasteiger partial charge in [0.1, 0.15) is 0 Å². The third kappa shape index (κ3) is 8.19. The molecule has 1 heterocycles. The monoisotopic (exact) mass is 601 g/mol. The molecule has 34 heavy (non-hydrogen) atoms. The second-order valence-corrected chi connectivity index (χ2v) is 12.2. The Morgan fingerprint density at radius 3 is 2.29 bits per heavy atom. The molecule has 0 unspecified atom stereocenters. The molecule has 1 radical (unpaired) electrons. The molecule has 14 heteroatoms. The molecule has 177 valence electrons. The summed E-state index contributed by atoms with van der Waals surface area (Å²) < 4.78 is 66.0. The molecule has 3 aromatic rings. The number of pyridine rings is 1. The average molecular weight is 602 g/mol. The molecule has 3 rings (SSSR count). The number of hydrogen-bond acceptors (Lipinski definition) is 7. The van der Waals surface area contributed by atoms with Gasteiger partial charge in [-0.15, -0.1) is 9.46 Å². The zero-order chi connectivity index (χ0) is 24.1. The summed E-state index contributed by atoms with van der Waals surface area (Å²) in [6, 6.07) is 15.1. The Morgan fingerprint density at radius 1 is 1.03 bits per heavy atom. The molecule has 0 amide bonds. The molecule has 1 aromatic heterocycles. The van der Waals surface area contributed by atoms with Gasteiger partial charge in [-0.3, -0.25) is 9.55 Å². The predicted octanol–water partition coefficient (Wildman–Crippen LogP) is 5.71. The second kappa shape index (κ2) is 13.0. The minimum atomic E-state index is -4.46. The molecule has 2 N–H and O–H groups in total. The van der Waals surface area contributed by atoms with Crippen LogP contribution in [0, 0.1) is 0 Å². The van der Waals surface area contributed by atoms with E-state index in [1.165, 1.54) is 12.1 Å². The van der Waals surface area contributed by atoms with E-state index in [0.29, 0.717) is 32.8 Å². The topological polar surface area (TPSA) is 109 Å². The number of nitrogens with two attached hydrogens (primary N) is 1. The normalized spacial score (nSPS) is 11.8. The number of nitrogens with zero attached hydrogens (tertiary/aromatic N) is 1. The van der Waals surface area contributed by atoms with Crippen molar-refractivity contribution in [3.8, 4) is 11.3 Å². The van der Waals surface area contributed by atoms with E-state index in [2.05, 4.69) is 30.4 Å². The minimum absolute atomic E-state index is 0. The number of sulfonamides is 1. The molecule has 0 atom stereocenters. The van der Waals surface area contributed by atoms with Crippen LogP contribution >= 0.6 is 35.3 Å². The Morgan fingerprint density at radius 2 is 1.71 bits per heavy atom. The zero-order valence-corrected chi connectivity index (χ0v) is 24.0. The molecule has 0 spiro atoms. The maximum Gasteiger partial charge on any atom is 0.399 e. The largest absolute Gasteiger partial charge is 0.399 e. The third-order valence-corrected chi connectivity index (χ3v) is 8.38. The van der Waals surface area contributed by atoms with Crippen molar-refractivity contribution in [3.05, 3.63) is 82.0 Å². The summed E-state index contributed by atoms with van der Waals surface area (Å²) in [5.74, 6) is 1.32. The van der Waals surface area contributed by atoms with E-state index in [1.54, 1.807) is 48.3 Å². The third-order valence-electron chi connectivity index (χ3n) is 4.51. The molecule has 0 bridgehead atoms. The number of benzene rings is 2. The van der Waals surface area contributed by atoms with Crippen LogP contribution in [-0.2, 0) is 41.7 Å². The van der Waals surface area contributed by atoms with Crippen molar-refractivity contribution in [1.82, 2.24) is 4.98 Å². The number of rotatable bonds is 10. The standard InChI is InChI=1S/C20H18BrF2N2O5PS2.Na/c21-19-8-14(4-6-17(19)11-31(26,29-22)30-23)12-32-13-15-5-7-20(25-10-15)16-2-1-3-18(9-16)33(24,27)28;/h1-10H,11-13H2,(H2,24,27,28);. The molecule has 0 saturated heterocycles. The Hall–Kier alpha value is -0.660. The van der Waals surface area contributed by atoms with E-state index in [4.69, 9.17) is 5.14 Å². The van der Waals surface area contributed by atoms with Gasteiger partial charge in [-0.25, -0.2) is 13.6 Å². The van der Waals surface area contributed by atoms with Crippen molar-refractivity contribution >= 4 is 74.9 Å². The minimum Gasteiger partial charge on any atom is -0.256 e. The van der Waals surface area contributed by atoms with Crippen LogP contribution in [0.15, 0.2) is 70.2 Å². The van der Waals surface area contributed by atoms with E-state index in [1.807, 2.05) is 12.1 Å².